The highest BCUT2D eigenvalue weighted by Gasteiger charge is 2.21. The third-order valence-corrected chi connectivity index (χ3v) is 2.60. The van der Waals surface area contributed by atoms with Gasteiger partial charge < -0.3 is 15.8 Å². The Balaban J connectivity index is 2.64. The van der Waals surface area contributed by atoms with Crippen LogP contribution in [0.4, 0.5) is 4.79 Å². The lowest BCUT2D eigenvalue weighted by molar-refractivity contribution is 0.0518. The van der Waals surface area contributed by atoms with Gasteiger partial charge in [0, 0.05) is 0 Å². The molecule has 0 radical (unpaired) electrons. The van der Waals surface area contributed by atoms with E-state index in [1.165, 1.54) is 0 Å². The van der Waals surface area contributed by atoms with Crippen LogP contribution in [0.15, 0.2) is 30.3 Å². The molecule has 0 spiro atoms. The Bertz CT molecular complexity index is 441. The van der Waals surface area contributed by atoms with Gasteiger partial charge in [-0.1, -0.05) is 42.5 Å². The molecule has 0 heterocycles. The molecule has 19 heavy (non-hydrogen) atoms. The zero-order chi connectivity index (χ0) is 14.5. The zero-order valence-corrected chi connectivity index (χ0v) is 12.3. The van der Waals surface area contributed by atoms with E-state index in [-0.39, 0.29) is 4.99 Å². The molecule has 0 bridgehead atoms. The number of carbonyl (C=O) groups is 1. The average molecular weight is 280 g/mol. The summed E-state index contributed by atoms with van der Waals surface area (Å²) in [5.74, 6) is 0. The summed E-state index contributed by atoms with van der Waals surface area (Å²) in [7, 11) is 0. The van der Waals surface area contributed by atoms with Crippen LogP contribution >= 0.6 is 12.2 Å². The van der Waals surface area contributed by atoms with Crippen LogP contribution in [0.2, 0.25) is 0 Å². The van der Waals surface area contributed by atoms with E-state index in [4.69, 9.17) is 22.7 Å². The van der Waals surface area contributed by atoms with E-state index in [2.05, 4.69) is 5.32 Å². The minimum absolute atomic E-state index is 0.245. The highest BCUT2D eigenvalue weighted by atomic mass is 32.1. The van der Waals surface area contributed by atoms with E-state index in [0.29, 0.717) is 6.42 Å². The lowest BCUT2D eigenvalue weighted by Crippen LogP contribution is -2.46. The molecule has 0 unspecified atom stereocenters. The van der Waals surface area contributed by atoms with Crippen LogP contribution in [0.3, 0.4) is 0 Å². The summed E-state index contributed by atoms with van der Waals surface area (Å²) in [4.78, 5) is 12.0. The van der Waals surface area contributed by atoms with Crippen molar-refractivity contribution >= 4 is 23.3 Å². The molecule has 0 fully saturated rings. The molecule has 1 amide bonds. The summed E-state index contributed by atoms with van der Waals surface area (Å²) in [5, 5.41) is 2.69. The van der Waals surface area contributed by atoms with Crippen LogP contribution in [0.1, 0.15) is 26.3 Å². The monoisotopic (exact) mass is 280 g/mol. The third kappa shape index (κ3) is 6.20. The Morgan fingerprint density at radius 2 is 1.95 bits per heavy atom. The maximum Gasteiger partial charge on any atom is 0.408 e. The normalized spacial score (nSPS) is 12.6. The van der Waals surface area contributed by atoms with Crippen molar-refractivity contribution in [1.82, 2.24) is 5.32 Å². The molecule has 0 aliphatic rings. The first-order chi connectivity index (χ1) is 8.78. The van der Waals surface area contributed by atoms with Crippen molar-refractivity contribution < 1.29 is 9.53 Å². The Labute approximate surface area is 119 Å². The topological polar surface area (TPSA) is 64.3 Å². The molecule has 0 aliphatic heterocycles. The van der Waals surface area contributed by atoms with Crippen molar-refractivity contribution in [1.29, 1.82) is 0 Å². The lowest BCUT2D eigenvalue weighted by atomic mass is 10.1. The van der Waals surface area contributed by atoms with E-state index in [0.717, 1.165) is 5.56 Å². The molecule has 1 aromatic rings. The van der Waals surface area contributed by atoms with Crippen LogP contribution in [-0.2, 0) is 11.2 Å². The molecule has 0 aliphatic carbocycles. The number of ether oxygens (including phenoxy) is 1. The maximum atomic E-state index is 11.7. The number of hydrogen-bond acceptors (Lipinski definition) is 3. The second kappa shape index (κ2) is 6.52. The van der Waals surface area contributed by atoms with Crippen LogP contribution in [-0.4, -0.2) is 22.7 Å². The van der Waals surface area contributed by atoms with Gasteiger partial charge >= 0.3 is 6.09 Å². The number of carbonyl (C=O) groups excluding carboxylic acids is 1. The van der Waals surface area contributed by atoms with Crippen molar-refractivity contribution in [2.24, 2.45) is 5.73 Å². The number of rotatable bonds is 4. The van der Waals surface area contributed by atoms with Gasteiger partial charge in [-0.05, 0) is 32.8 Å². The highest BCUT2D eigenvalue weighted by molar-refractivity contribution is 7.80. The summed E-state index contributed by atoms with van der Waals surface area (Å²) >= 11 is 4.98. The molecule has 0 saturated carbocycles. The number of hydrogen-bond donors (Lipinski definition) is 2. The van der Waals surface area contributed by atoms with Gasteiger partial charge in [0.15, 0.2) is 0 Å². The zero-order valence-electron chi connectivity index (χ0n) is 11.5. The molecule has 4 nitrogen and oxygen atoms in total. The SMILES string of the molecule is CC(C)(C)OC(=O)N[C@H](Cc1ccccc1)C(N)=S. The van der Waals surface area contributed by atoms with E-state index in [1.807, 2.05) is 30.3 Å². The molecule has 0 saturated heterocycles. The molecule has 1 rings (SSSR count). The second-order valence-corrected chi connectivity index (χ2v) is 5.76. The molecule has 3 N–H and O–H groups in total. The second-order valence-electron chi connectivity index (χ2n) is 5.29. The minimum atomic E-state index is -0.544. The number of benzene rings is 1. The molecular weight excluding hydrogens is 260 g/mol. The standard InChI is InChI=1S/C14H20N2O2S/c1-14(2,3)18-13(17)16-11(12(15)19)9-10-7-5-4-6-8-10/h4-8,11H,9H2,1-3H3,(H2,15,19)(H,16,17)/t11-/m1/s1. The van der Waals surface area contributed by atoms with Gasteiger partial charge in [-0.15, -0.1) is 0 Å². The first kappa shape index (κ1) is 15.4. The Hall–Kier alpha value is -1.62. The van der Waals surface area contributed by atoms with Crippen molar-refractivity contribution in [3.8, 4) is 0 Å². The Morgan fingerprint density at radius 3 is 2.42 bits per heavy atom. The Morgan fingerprint density at radius 1 is 1.37 bits per heavy atom. The van der Waals surface area contributed by atoms with Gasteiger partial charge in [-0.25, -0.2) is 4.79 Å². The van der Waals surface area contributed by atoms with E-state index in [1.54, 1.807) is 20.8 Å². The third-order valence-electron chi connectivity index (χ3n) is 2.32. The number of amides is 1. The fourth-order valence-electron chi connectivity index (χ4n) is 1.52. The van der Waals surface area contributed by atoms with Crippen molar-refractivity contribution in [2.75, 3.05) is 0 Å². The Kier molecular flexibility index (Phi) is 5.30. The first-order valence-electron chi connectivity index (χ1n) is 6.11. The summed E-state index contributed by atoms with van der Waals surface area (Å²) < 4.78 is 5.19. The van der Waals surface area contributed by atoms with Gasteiger partial charge in [0.1, 0.15) is 5.60 Å². The fourth-order valence-corrected chi connectivity index (χ4v) is 1.66. The summed E-state index contributed by atoms with van der Waals surface area (Å²) in [5.41, 5.74) is 6.17. The highest BCUT2D eigenvalue weighted by Crippen LogP contribution is 2.08. The van der Waals surface area contributed by atoms with Crippen LogP contribution < -0.4 is 11.1 Å². The smallest absolute Gasteiger partial charge is 0.408 e. The average Bonchev–Trinajstić information content (AvgIpc) is 2.26. The number of nitrogens with two attached hydrogens (primary N) is 1. The summed E-state index contributed by atoms with van der Waals surface area (Å²) in [6.07, 6.45) is 0.0383. The fraction of sp³-hybridized carbons (Fsp3) is 0.429. The number of nitrogens with one attached hydrogen (secondary N) is 1. The summed E-state index contributed by atoms with van der Waals surface area (Å²) in [6, 6.07) is 9.30. The molecule has 104 valence electrons. The molecule has 1 aromatic carbocycles. The minimum Gasteiger partial charge on any atom is -0.444 e. The predicted octanol–water partition coefficient (Wildman–Crippen LogP) is 2.41. The van der Waals surface area contributed by atoms with Crippen molar-refractivity contribution in [3.05, 3.63) is 35.9 Å². The summed E-state index contributed by atoms with van der Waals surface area (Å²) in [6.45, 7) is 5.42. The van der Waals surface area contributed by atoms with Gasteiger partial charge in [0.05, 0.1) is 11.0 Å². The number of alkyl carbamates (subject to hydrolysis) is 1. The molecule has 0 aromatic heterocycles. The molecular formula is C14H20N2O2S. The van der Waals surface area contributed by atoms with Crippen molar-refractivity contribution in [2.45, 2.75) is 38.8 Å². The van der Waals surface area contributed by atoms with Gasteiger partial charge in [-0.3, -0.25) is 0 Å². The van der Waals surface area contributed by atoms with Gasteiger partial charge in [0.25, 0.3) is 0 Å². The van der Waals surface area contributed by atoms with Crippen LogP contribution in [0.5, 0.6) is 0 Å². The molecule has 5 heteroatoms. The molecule has 1 atom stereocenters. The van der Waals surface area contributed by atoms with Crippen LogP contribution in [0, 0.1) is 0 Å². The van der Waals surface area contributed by atoms with Gasteiger partial charge in [-0.2, -0.15) is 0 Å². The van der Waals surface area contributed by atoms with Crippen molar-refractivity contribution in [3.63, 3.8) is 0 Å². The lowest BCUT2D eigenvalue weighted by Gasteiger charge is -2.23. The van der Waals surface area contributed by atoms with Crippen LogP contribution in [0.25, 0.3) is 0 Å². The first-order valence-corrected chi connectivity index (χ1v) is 6.51. The quantitative estimate of drug-likeness (QED) is 0.831. The van der Waals surface area contributed by atoms with E-state index >= 15 is 0 Å². The maximum absolute atomic E-state index is 11.7. The largest absolute Gasteiger partial charge is 0.444 e. The predicted molar refractivity (Wildman–Crippen MR) is 80.1 cm³/mol. The van der Waals surface area contributed by atoms with Gasteiger partial charge in [0.2, 0.25) is 0 Å². The van der Waals surface area contributed by atoms with E-state index < -0.39 is 17.7 Å². The van der Waals surface area contributed by atoms with E-state index in [9.17, 15) is 4.79 Å². The number of thiocarbonyl (C=S) groups is 1.